The number of carboxylic acid groups (broad SMARTS) is 1. The van der Waals surface area contributed by atoms with E-state index in [2.05, 4.69) is 0 Å². The van der Waals surface area contributed by atoms with Gasteiger partial charge in [-0.1, -0.05) is 0 Å². The van der Waals surface area contributed by atoms with Crippen LogP contribution in [-0.2, 0) is 9.59 Å². The molecule has 2 N–H and O–H groups in total. The number of alkyl halides is 5. The molecule has 0 radical (unpaired) electrons. The molecule has 1 unspecified atom stereocenters. The smallest absolute Gasteiger partial charge is 0.397 e. The van der Waals surface area contributed by atoms with Crippen LogP contribution in [0.5, 0.6) is 0 Å². The largest absolute Gasteiger partial charge is 0.480 e. The number of carbonyl (C=O) groups excluding carboxylic acids is 1. The molecular formula is C8H10F5NO3S. The van der Waals surface area contributed by atoms with Gasteiger partial charge in [-0.25, -0.2) is 13.6 Å². The summed E-state index contributed by atoms with van der Waals surface area (Å²) in [5, 5.41) is 10.2. The molecule has 0 aliphatic heterocycles. The number of nitrogens with one attached hydrogen (secondary N) is 1. The van der Waals surface area contributed by atoms with Crippen molar-refractivity contribution in [1.29, 1.82) is 0 Å². The fourth-order valence-electron chi connectivity index (χ4n) is 0.895. The second-order valence-electron chi connectivity index (χ2n) is 3.19. The maximum Gasteiger partial charge on any atom is 0.397 e. The normalized spacial score (nSPS) is 13.4. The van der Waals surface area contributed by atoms with Crippen molar-refractivity contribution in [3.63, 3.8) is 0 Å². The number of thioether (sulfide) groups is 1. The van der Waals surface area contributed by atoms with E-state index in [1.165, 1.54) is 0 Å². The van der Waals surface area contributed by atoms with E-state index in [4.69, 9.17) is 5.11 Å². The number of hydrogen-bond donors (Lipinski definition) is 2. The van der Waals surface area contributed by atoms with Crippen molar-refractivity contribution >= 4 is 23.6 Å². The van der Waals surface area contributed by atoms with Crippen LogP contribution in [0, 0.1) is 0 Å². The average molecular weight is 295 g/mol. The van der Waals surface area contributed by atoms with Gasteiger partial charge in [-0.2, -0.15) is 13.2 Å². The van der Waals surface area contributed by atoms with Gasteiger partial charge in [0, 0.05) is 6.42 Å². The first-order valence-corrected chi connectivity index (χ1v) is 5.72. The average Bonchev–Trinajstić information content (AvgIpc) is 2.13. The van der Waals surface area contributed by atoms with Crippen LogP contribution in [0.1, 0.15) is 6.42 Å². The third kappa shape index (κ3) is 9.02. The Bertz CT molecular complexity index is 297. The molecule has 0 saturated carbocycles. The molecule has 1 amide bonds. The molecule has 0 aromatic heterocycles. The summed E-state index contributed by atoms with van der Waals surface area (Å²) in [6, 6.07) is -1.80. The van der Waals surface area contributed by atoms with E-state index in [9.17, 15) is 31.5 Å². The van der Waals surface area contributed by atoms with Crippen LogP contribution in [0.2, 0.25) is 0 Å². The molecular weight excluding hydrogens is 285 g/mol. The quantitative estimate of drug-likeness (QED) is 0.699. The minimum absolute atomic E-state index is 0.223. The third-order valence-electron chi connectivity index (χ3n) is 1.55. The number of hydrogen-bond acceptors (Lipinski definition) is 3. The summed E-state index contributed by atoms with van der Waals surface area (Å²) in [6.45, 7) is 0. The van der Waals surface area contributed by atoms with Crippen LogP contribution in [0.4, 0.5) is 22.0 Å². The number of halogens is 5. The molecule has 106 valence electrons. The molecule has 0 aliphatic carbocycles. The molecule has 0 bridgehead atoms. The SMILES string of the molecule is O=C(CSCC(F)(F)F)NC(CC(F)F)C(=O)O. The summed E-state index contributed by atoms with van der Waals surface area (Å²) in [5.41, 5.74) is 0. The molecule has 0 rings (SSSR count). The van der Waals surface area contributed by atoms with Gasteiger partial charge in [0.05, 0.1) is 11.5 Å². The fourth-order valence-corrected chi connectivity index (χ4v) is 1.50. The van der Waals surface area contributed by atoms with Gasteiger partial charge in [0.15, 0.2) is 0 Å². The highest BCUT2D eigenvalue weighted by Gasteiger charge is 2.28. The Morgan fingerprint density at radius 3 is 2.22 bits per heavy atom. The minimum atomic E-state index is -4.44. The lowest BCUT2D eigenvalue weighted by Crippen LogP contribution is -2.42. The first kappa shape index (κ1) is 16.9. The summed E-state index contributed by atoms with van der Waals surface area (Å²) in [7, 11) is 0. The van der Waals surface area contributed by atoms with Crippen LogP contribution in [-0.4, -0.2) is 47.1 Å². The Kier molecular flexibility index (Phi) is 6.96. The summed E-state index contributed by atoms with van der Waals surface area (Å²) in [5.74, 6) is -4.61. The molecule has 0 aliphatic rings. The minimum Gasteiger partial charge on any atom is -0.480 e. The zero-order valence-corrected chi connectivity index (χ0v) is 9.65. The summed E-state index contributed by atoms with van der Waals surface area (Å²) in [6.07, 6.45) is -8.47. The van der Waals surface area contributed by atoms with Gasteiger partial charge in [0.1, 0.15) is 6.04 Å². The van der Waals surface area contributed by atoms with Crippen molar-refractivity contribution in [3.8, 4) is 0 Å². The van der Waals surface area contributed by atoms with Crippen LogP contribution >= 0.6 is 11.8 Å². The maximum atomic E-state index is 11.9. The lowest BCUT2D eigenvalue weighted by Gasteiger charge is -2.14. The van der Waals surface area contributed by atoms with Crippen LogP contribution in [0.3, 0.4) is 0 Å². The summed E-state index contributed by atoms with van der Waals surface area (Å²) >= 11 is 0.223. The summed E-state index contributed by atoms with van der Waals surface area (Å²) in [4.78, 5) is 21.5. The van der Waals surface area contributed by atoms with Crippen molar-refractivity contribution in [2.75, 3.05) is 11.5 Å². The number of carboxylic acids is 1. The Balaban J connectivity index is 4.07. The highest BCUT2D eigenvalue weighted by molar-refractivity contribution is 8.00. The second-order valence-corrected chi connectivity index (χ2v) is 4.18. The highest BCUT2D eigenvalue weighted by atomic mass is 32.2. The van der Waals surface area contributed by atoms with E-state index in [-0.39, 0.29) is 11.8 Å². The highest BCUT2D eigenvalue weighted by Crippen LogP contribution is 2.20. The Labute approximate surface area is 103 Å². The van der Waals surface area contributed by atoms with Crippen LogP contribution in [0.15, 0.2) is 0 Å². The van der Waals surface area contributed by atoms with E-state index in [1.807, 2.05) is 0 Å². The molecule has 4 nitrogen and oxygen atoms in total. The van der Waals surface area contributed by atoms with Gasteiger partial charge in [-0.3, -0.25) is 4.79 Å². The van der Waals surface area contributed by atoms with Gasteiger partial charge in [-0.15, -0.1) is 11.8 Å². The van der Waals surface area contributed by atoms with Gasteiger partial charge in [-0.05, 0) is 0 Å². The zero-order valence-electron chi connectivity index (χ0n) is 8.84. The van der Waals surface area contributed by atoms with Crippen molar-refractivity contribution in [2.45, 2.75) is 25.1 Å². The molecule has 0 aromatic carbocycles. The van der Waals surface area contributed by atoms with Gasteiger partial charge >= 0.3 is 12.1 Å². The molecule has 10 heteroatoms. The number of rotatable bonds is 7. The Hall–Kier alpha value is -1.06. The third-order valence-corrected chi connectivity index (χ3v) is 2.54. The molecule has 18 heavy (non-hydrogen) atoms. The molecule has 0 saturated heterocycles. The van der Waals surface area contributed by atoms with Crippen molar-refractivity contribution in [1.82, 2.24) is 5.32 Å². The monoisotopic (exact) mass is 295 g/mol. The summed E-state index contributed by atoms with van der Waals surface area (Å²) < 4.78 is 59.0. The molecule has 0 spiro atoms. The van der Waals surface area contributed by atoms with E-state index in [0.29, 0.717) is 0 Å². The fraction of sp³-hybridized carbons (Fsp3) is 0.750. The predicted molar refractivity (Wildman–Crippen MR) is 53.6 cm³/mol. The molecule has 0 aromatic rings. The molecule has 1 atom stereocenters. The first-order valence-electron chi connectivity index (χ1n) is 4.56. The van der Waals surface area contributed by atoms with Crippen molar-refractivity contribution in [3.05, 3.63) is 0 Å². The topological polar surface area (TPSA) is 66.4 Å². The molecule has 0 fully saturated rings. The zero-order chi connectivity index (χ0) is 14.3. The van der Waals surface area contributed by atoms with Crippen molar-refractivity contribution in [2.24, 2.45) is 0 Å². The van der Waals surface area contributed by atoms with E-state index >= 15 is 0 Å². The predicted octanol–water partition coefficient (Wildman–Crippen LogP) is 1.51. The standard InChI is InChI=1S/C8H10F5NO3S/c9-5(10)1-4(7(16)17)14-6(15)2-18-3-8(11,12)13/h4-5H,1-3H2,(H,14,15)(H,16,17). The Morgan fingerprint density at radius 2 is 1.83 bits per heavy atom. The van der Waals surface area contributed by atoms with Crippen LogP contribution in [0.25, 0.3) is 0 Å². The number of carbonyl (C=O) groups is 2. The van der Waals surface area contributed by atoms with Gasteiger partial charge < -0.3 is 10.4 Å². The first-order chi connectivity index (χ1) is 8.11. The van der Waals surface area contributed by atoms with E-state index < -0.39 is 48.4 Å². The molecule has 0 heterocycles. The number of amides is 1. The van der Waals surface area contributed by atoms with E-state index in [0.717, 1.165) is 0 Å². The van der Waals surface area contributed by atoms with Gasteiger partial charge in [0.25, 0.3) is 0 Å². The van der Waals surface area contributed by atoms with E-state index in [1.54, 1.807) is 5.32 Å². The Morgan fingerprint density at radius 1 is 1.28 bits per heavy atom. The van der Waals surface area contributed by atoms with Gasteiger partial charge in [0.2, 0.25) is 12.3 Å². The number of aliphatic carboxylic acids is 1. The second kappa shape index (κ2) is 7.39. The lowest BCUT2D eigenvalue weighted by atomic mass is 10.2. The van der Waals surface area contributed by atoms with Crippen LogP contribution < -0.4 is 5.32 Å². The maximum absolute atomic E-state index is 11.9. The lowest BCUT2D eigenvalue weighted by molar-refractivity contribution is -0.142. The van der Waals surface area contributed by atoms with Crippen molar-refractivity contribution < 1.29 is 36.6 Å².